The average molecular weight is 263 g/mol. The van der Waals surface area contributed by atoms with Crippen LogP contribution in [0.25, 0.3) is 0 Å². The lowest BCUT2D eigenvalue weighted by Crippen LogP contribution is -2.39. The van der Waals surface area contributed by atoms with Gasteiger partial charge in [-0.15, -0.1) is 0 Å². The van der Waals surface area contributed by atoms with Crippen molar-refractivity contribution in [3.8, 4) is 0 Å². The van der Waals surface area contributed by atoms with Gasteiger partial charge < -0.3 is 11.1 Å². The maximum absolute atomic E-state index is 11.3. The number of nitrogens with two attached hydrogens (primary N) is 1. The van der Waals surface area contributed by atoms with Gasteiger partial charge in [0.2, 0.25) is 5.91 Å². The molecular weight excluding hydrogens is 238 g/mol. The predicted octanol–water partition coefficient (Wildman–Crippen LogP) is 1.45. The van der Waals surface area contributed by atoms with Crippen molar-refractivity contribution in [3.05, 3.63) is 35.4 Å². The molecule has 106 valence electrons. The first-order valence-electron chi connectivity index (χ1n) is 6.68. The topological polar surface area (TPSA) is 58.4 Å². The molecule has 0 saturated carbocycles. The normalized spacial score (nSPS) is 14.2. The lowest BCUT2D eigenvalue weighted by Gasteiger charge is -2.31. The van der Waals surface area contributed by atoms with Crippen molar-refractivity contribution >= 4 is 5.91 Å². The molecule has 1 amide bonds. The maximum atomic E-state index is 11.3. The first kappa shape index (κ1) is 15.7. The second-order valence-corrected chi connectivity index (χ2v) is 5.12. The van der Waals surface area contributed by atoms with Gasteiger partial charge in [-0.2, -0.15) is 0 Å². The van der Waals surface area contributed by atoms with Crippen LogP contribution in [0, 0.1) is 6.92 Å². The highest BCUT2D eigenvalue weighted by atomic mass is 16.1. The summed E-state index contributed by atoms with van der Waals surface area (Å²) in [5, 5.41) is 2.64. The number of aryl methyl sites for hydroxylation is 1. The van der Waals surface area contributed by atoms with Gasteiger partial charge in [0.25, 0.3) is 0 Å². The minimum atomic E-state index is 0.0106. The van der Waals surface area contributed by atoms with E-state index in [4.69, 9.17) is 5.73 Å². The summed E-state index contributed by atoms with van der Waals surface area (Å²) in [5.74, 6) is 0.0551. The molecule has 0 saturated heterocycles. The highest BCUT2D eigenvalue weighted by Crippen LogP contribution is 2.23. The first-order chi connectivity index (χ1) is 8.95. The van der Waals surface area contributed by atoms with Crippen LogP contribution in [0.3, 0.4) is 0 Å². The Morgan fingerprint density at radius 1 is 1.47 bits per heavy atom. The lowest BCUT2D eigenvalue weighted by atomic mass is 9.98. The lowest BCUT2D eigenvalue weighted by molar-refractivity contribution is -0.121. The van der Waals surface area contributed by atoms with Gasteiger partial charge in [-0.05, 0) is 26.5 Å². The molecule has 4 heteroatoms. The van der Waals surface area contributed by atoms with Crippen LogP contribution < -0.4 is 11.1 Å². The molecular formula is C15H25N3O. The highest BCUT2D eigenvalue weighted by Gasteiger charge is 2.21. The average Bonchev–Trinajstić information content (AvgIpc) is 2.35. The van der Waals surface area contributed by atoms with E-state index in [1.807, 2.05) is 20.0 Å². The van der Waals surface area contributed by atoms with Gasteiger partial charge >= 0.3 is 0 Å². The van der Waals surface area contributed by atoms with Crippen molar-refractivity contribution in [1.29, 1.82) is 0 Å². The van der Waals surface area contributed by atoms with Gasteiger partial charge in [0.1, 0.15) is 0 Å². The Hall–Kier alpha value is -1.39. The van der Waals surface area contributed by atoms with Crippen LogP contribution in [0.15, 0.2) is 24.3 Å². The third kappa shape index (κ3) is 4.65. The zero-order valence-corrected chi connectivity index (χ0v) is 12.3. The van der Waals surface area contributed by atoms with Gasteiger partial charge in [-0.25, -0.2) is 0 Å². The molecule has 0 radical (unpaired) electrons. The number of nitrogens with one attached hydrogen (secondary N) is 1. The number of rotatable bonds is 6. The van der Waals surface area contributed by atoms with Gasteiger partial charge in [-0.3, -0.25) is 9.69 Å². The van der Waals surface area contributed by atoms with E-state index in [2.05, 4.69) is 35.3 Å². The number of nitrogens with zero attached hydrogens (tertiary/aromatic N) is 1. The minimum absolute atomic E-state index is 0.0106. The molecule has 0 heterocycles. The molecule has 1 aromatic rings. The summed E-state index contributed by atoms with van der Waals surface area (Å²) in [4.78, 5) is 13.5. The third-order valence-electron chi connectivity index (χ3n) is 3.33. The molecule has 0 aliphatic rings. The van der Waals surface area contributed by atoms with Crippen molar-refractivity contribution in [2.45, 2.75) is 32.4 Å². The number of benzene rings is 1. The molecule has 3 N–H and O–H groups in total. The van der Waals surface area contributed by atoms with Crippen molar-refractivity contribution in [3.63, 3.8) is 0 Å². The third-order valence-corrected chi connectivity index (χ3v) is 3.33. The van der Waals surface area contributed by atoms with Crippen molar-refractivity contribution in [2.24, 2.45) is 5.73 Å². The number of hydrogen-bond acceptors (Lipinski definition) is 3. The molecule has 0 aliphatic heterocycles. The van der Waals surface area contributed by atoms with E-state index < -0.39 is 0 Å². The van der Waals surface area contributed by atoms with E-state index in [1.165, 1.54) is 11.1 Å². The molecule has 1 rings (SSSR count). The molecule has 19 heavy (non-hydrogen) atoms. The zero-order chi connectivity index (χ0) is 14.4. The van der Waals surface area contributed by atoms with Crippen LogP contribution in [0.2, 0.25) is 0 Å². The van der Waals surface area contributed by atoms with Crippen LogP contribution in [0.1, 0.15) is 30.5 Å². The Labute approximate surface area is 116 Å². The van der Waals surface area contributed by atoms with Crippen molar-refractivity contribution in [1.82, 2.24) is 10.2 Å². The van der Waals surface area contributed by atoms with E-state index in [9.17, 15) is 4.79 Å². The maximum Gasteiger partial charge on any atom is 0.221 e. The summed E-state index contributed by atoms with van der Waals surface area (Å²) >= 11 is 0. The van der Waals surface area contributed by atoms with E-state index in [-0.39, 0.29) is 18.0 Å². The molecule has 2 atom stereocenters. The summed E-state index contributed by atoms with van der Waals surface area (Å²) in [7, 11) is 3.67. The number of likely N-dealkylation sites (N-methyl/N-ethyl adjacent to an activating group) is 1. The molecule has 0 aromatic heterocycles. The summed E-state index contributed by atoms with van der Waals surface area (Å²) in [6, 6.07) is 8.52. The summed E-state index contributed by atoms with van der Waals surface area (Å²) < 4.78 is 0. The predicted molar refractivity (Wildman–Crippen MR) is 78.9 cm³/mol. The molecule has 0 spiro atoms. The minimum Gasteiger partial charge on any atom is -0.359 e. The Kier molecular flexibility index (Phi) is 5.99. The van der Waals surface area contributed by atoms with Gasteiger partial charge in [0, 0.05) is 32.1 Å². The van der Waals surface area contributed by atoms with Crippen LogP contribution in [0.4, 0.5) is 0 Å². The van der Waals surface area contributed by atoms with Gasteiger partial charge in [0.05, 0.1) is 0 Å². The van der Waals surface area contributed by atoms with E-state index in [1.54, 1.807) is 7.05 Å². The van der Waals surface area contributed by atoms with Crippen LogP contribution >= 0.6 is 0 Å². The Morgan fingerprint density at radius 3 is 2.68 bits per heavy atom. The molecule has 4 nitrogen and oxygen atoms in total. The number of carbonyl (C=O) groups excluding carboxylic acids is 1. The quantitative estimate of drug-likeness (QED) is 0.817. The SMILES string of the molecule is CNC(=O)CCN(C)C(c1cccc(C)c1)C(C)N. The van der Waals surface area contributed by atoms with Crippen molar-refractivity contribution in [2.75, 3.05) is 20.6 Å². The van der Waals surface area contributed by atoms with E-state index in [0.29, 0.717) is 13.0 Å². The van der Waals surface area contributed by atoms with E-state index in [0.717, 1.165) is 0 Å². The molecule has 0 bridgehead atoms. The van der Waals surface area contributed by atoms with Crippen LogP contribution in [-0.4, -0.2) is 37.5 Å². The van der Waals surface area contributed by atoms with Gasteiger partial charge in [-0.1, -0.05) is 29.8 Å². The summed E-state index contributed by atoms with van der Waals surface area (Å²) in [5.41, 5.74) is 8.54. The fraction of sp³-hybridized carbons (Fsp3) is 0.533. The molecule has 1 aromatic carbocycles. The number of hydrogen-bond donors (Lipinski definition) is 2. The van der Waals surface area contributed by atoms with Crippen LogP contribution in [0.5, 0.6) is 0 Å². The van der Waals surface area contributed by atoms with Crippen molar-refractivity contribution < 1.29 is 4.79 Å². The second-order valence-electron chi connectivity index (χ2n) is 5.12. The standard InChI is InChI=1S/C15H25N3O/c1-11-6-5-7-13(10-11)15(12(2)16)18(4)9-8-14(19)17-3/h5-7,10,12,15H,8-9,16H2,1-4H3,(H,17,19). The fourth-order valence-electron chi connectivity index (χ4n) is 2.36. The zero-order valence-electron chi connectivity index (χ0n) is 12.3. The Bertz CT molecular complexity index is 418. The monoisotopic (exact) mass is 263 g/mol. The number of amides is 1. The molecule has 0 fully saturated rings. The second kappa shape index (κ2) is 7.26. The summed E-state index contributed by atoms with van der Waals surface area (Å²) in [6.45, 7) is 4.77. The van der Waals surface area contributed by atoms with E-state index >= 15 is 0 Å². The fourth-order valence-corrected chi connectivity index (χ4v) is 2.36. The van der Waals surface area contributed by atoms with Gasteiger partial charge in [0.15, 0.2) is 0 Å². The highest BCUT2D eigenvalue weighted by molar-refractivity contribution is 5.75. The molecule has 0 aliphatic carbocycles. The Morgan fingerprint density at radius 2 is 2.16 bits per heavy atom. The Balaban J connectivity index is 2.80. The number of carbonyl (C=O) groups is 1. The first-order valence-corrected chi connectivity index (χ1v) is 6.68. The summed E-state index contributed by atoms with van der Waals surface area (Å²) in [6.07, 6.45) is 0.488. The smallest absolute Gasteiger partial charge is 0.221 e. The van der Waals surface area contributed by atoms with Crippen LogP contribution in [-0.2, 0) is 4.79 Å². The molecule has 2 unspecified atom stereocenters. The largest absolute Gasteiger partial charge is 0.359 e.